The van der Waals surface area contributed by atoms with Crippen molar-refractivity contribution in [2.45, 2.75) is 46.1 Å². The first kappa shape index (κ1) is 18.0. The average Bonchev–Trinajstić information content (AvgIpc) is 2.80. The summed E-state index contributed by atoms with van der Waals surface area (Å²) in [5, 5.41) is 0. The van der Waals surface area contributed by atoms with Crippen LogP contribution in [-0.4, -0.2) is 18.7 Å². The van der Waals surface area contributed by atoms with Gasteiger partial charge in [-0.3, -0.25) is 0 Å². The highest BCUT2D eigenvalue weighted by molar-refractivity contribution is 7.86. The van der Waals surface area contributed by atoms with E-state index < -0.39 is 10.1 Å². The molecule has 0 spiro atoms. The highest BCUT2D eigenvalue weighted by atomic mass is 32.2. The molecule has 0 atom stereocenters. The zero-order valence-electron chi connectivity index (χ0n) is 11.9. The number of hydrogen-bond donors (Lipinski definition) is 0. The molecule has 0 fully saturated rings. The molecule has 5 nitrogen and oxygen atoms in total. The summed E-state index contributed by atoms with van der Waals surface area (Å²) in [6.07, 6.45) is 9.96. The van der Waals surface area contributed by atoms with E-state index in [2.05, 4.69) is 39.2 Å². The van der Waals surface area contributed by atoms with Crippen molar-refractivity contribution >= 4 is 10.1 Å². The summed E-state index contributed by atoms with van der Waals surface area (Å²) in [6.45, 7) is 5.18. The van der Waals surface area contributed by atoms with Gasteiger partial charge in [-0.2, -0.15) is 8.42 Å². The van der Waals surface area contributed by atoms with Crippen LogP contribution < -0.4 is 4.57 Å². The van der Waals surface area contributed by atoms with Gasteiger partial charge in [-0.25, -0.2) is 9.13 Å². The predicted octanol–water partition coefficient (Wildman–Crippen LogP) is 2.13. The fraction of sp³-hybridized carbons (Fsp3) is 0.750. The minimum absolute atomic E-state index is 0.236. The van der Waals surface area contributed by atoms with Crippen molar-refractivity contribution in [1.82, 2.24) is 4.57 Å². The fourth-order valence-corrected chi connectivity index (χ4v) is 2.03. The van der Waals surface area contributed by atoms with E-state index in [1.807, 2.05) is 14.0 Å². The third-order valence-corrected chi connectivity index (χ3v) is 3.42. The topological polar surface area (TPSA) is 52.2 Å². The summed E-state index contributed by atoms with van der Waals surface area (Å²) >= 11 is 0. The van der Waals surface area contributed by atoms with Crippen LogP contribution >= 0.6 is 0 Å². The maximum absolute atomic E-state index is 11.0. The largest absolute Gasteiger partial charge is 0.297 e. The summed E-state index contributed by atoms with van der Waals surface area (Å²) in [4.78, 5) is 0. The zero-order valence-corrected chi connectivity index (χ0v) is 12.7. The predicted molar refractivity (Wildman–Crippen MR) is 71.4 cm³/mol. The Labute approximate surface area is 115 Å². The molecule has 0 aliphatic carbocycles. The second-order valence-corrected chi connectivity index (χ2v) is 6.00. The number of rotatable bonds is 7. The van der Waals surface area contributed by atoms with E-state index in [0.717, 1.165) is 6.54 Å². The zero-order chi connectivity index (χ0) is 14.7. The number of aromatic nitrogens is 2. The molecular weight excluding hydrogens is 271 g/mol. The molecule has 0 N–H and O–H groups in total. The molecule has 0 saturated carbocycles. The summed E-state index contributed by atoms with van der Waals surface area (Å²) in [5.74, 6) is -0.236. The Morgan fingerprint density at radius 1 is 1.26 bits per heavy atom. The summed E-state index contributed by atoms with van der Waals surface area (Å²) < 4.78 is 38.3. The molecule has 0 amide bonds. The molecule has 0 aliphatic heterocycles. The molecule has 1 rings (SSSR count). The van der Waals surface area contributed by atoms with Crippen molar-refractivity contribution in [3.05, 3.63) is 18.7 Å². The van der Waals surface area contributed by atoms with Crippen molar-refractivity contribution in [2.75, 3.05) is 5.75 Å². The molecule has 1 aromatic heterocycles. The van der Waals surface area contributed by atoms with Crippen molar-refractivity contribution < 1.29 is 21.9 Å². The lowest BCUT2D eigenvalue weighted by molar-refractivity contribution is -0.696. The minimum atomic E-state index is -3.85. The van der Waals surface area contributed by atoms with Gasteiger partial charge in [0.15, 0.2) is 0 Å². The normalized spacial score (nSPS) is 10.9. The molecule has 7 heteroatoms. The Hall–Kier alpha value is -0.950. The fourth-order valence-electron chi connectivity index (χ4n) is 1.33. The summed E-state index contributed by atoms with van der Waals surface area (Å²) in [5.41, 5.74) is 0. The molecule has 1 aromatic rings. The van der Waals surface area contributed by atoms with Gasteiger partial charge >= 0.3 is 0 Å². The van der Waals surface area contributed by atoms with Gasteiger partial charge in [0.05, 0.1) is 19.3 Å². The first-order valence-electron chi connectivity index (χ1n) is 6.49. The van der Waals surface area contributed by atoms with Crippen LogP contribution in [0.4, 0.5) is 4.53 Å². The van der Waals surface area contributed by atoms with E-state index in [1.54, 1.807) is 0 Å². The highest BCUT2D eigenvalue weighted by Gasteiger charge is 2.08. The lowest BCUT2D eigenvalue weighted by Gasteiger charge is -1.92. The van der Waals surface area contributed by atoms with Crippen LogP contribution in [0, 0.1) is 0 Å². The van der Waals surface area contributed by atoms with Crippen LogP contribution in [0.3, 0.4) is 0 Å². The second kappa shape index (κ2) is 9.91. The van der Waals surface area contributed by atoms with E-state index in [4.69, 9.17) is 0 Å². The molecular formula is C12H24FN2O3S+. The van der Waals surface area contributed by atoms with Crippen LogP contribution in [0.15, 0.2) is 18.7 Å². The number of hydrogen-bond acceptors (Lipinski definition) is 3. The third-order valence-electron chi connectivity index (χ3n) is 2.44. The van der Waals surface area contributed by atoms with Crippen molar-refractivity contribution in [3.63, 3.8) is 0 Å². The molecule has 0 radical (unpaired) electrons. The quantitative estimate of drug-likeness (QED) is 0.724. The number of aryl methyl sites for hydroxylation is 2. The second-order valence-electron chi connectivity index (χ2n) is 4.35. The van der Waals surface area contributed by atoms with Crippen LogP contribution in [0.2, 0.25) is 0 Å². The number of halogens is 1. The SMILES string of the molecule is CCCCS(=O)(=O)OF.CCCC[n+]1ccn(C)c1. The molecule has 112 valence electrons. The van der Waals surface area contributed by atoms with Gasteiger partial charge in [0.2, 0.25) is 6.33 Å². The van der Waals surface area contributed by atoms with Crippen LogP contribution in [0.1, 0.15) is 39.5 Å². The molecule has 0 aliphatic rings. The van der Waals surface area contributed by atoms with Gasteiger partial charge < -0.3 is 0 Å². The summed E-state index contributed by atoms with van der Waals surface area (Å²) in [6, 6.07) is 0. The third kappa shape index (κ3) is 9.61. The lowest BCUT2D eigenvalue weighted by atomic mass is 10.3. The number of imidazole rings is 1. The first-order valence-corrected chi connectivity index (χ1v) is 8.06. The average molecular weight is 295 g/mol. The molecule has 19 heavy (non-hydrogen) atoms. The molecule has 0 bridgehead atoms. The van der Waals surface area contributed by atoms with Crippen LogP contribution in [0.25, 0.3) is 0 Å². The monoisotopic (exact) mass is 295 g/mol. The van der Waals surface area contributed by atoms with E-state index in [0.29, 0.717) is 12.8 Å². The van der Waals surface area contributed by atoms with Gasteiger partial charge in [-0.1, -0.05) is 31.1 Å². The first-order chi connectivity index (χ1) is 8.95. The smallest absolute Gasteiger partial charge is 0.240 e. The van der Waals surface area contributed by atoms with Gasteiger partial charge in [0, 0.05) is 0 Å². The number of unbranched alkanes of at least 4 members (excludes halogenated alkanes) is 2. The Balaban J connectivity index is 0.000000344. The lowest BCUT2D eigenvalue weighted by Crippen LogP contribution is -2.30. The summed E-state index contributed by atoms with van der Waals surface area (Å²) in [7, 11) is -1.80. The minimum Gasteiger partial charge on any atom is -0.240 e. The van der Waals surface area contributed by atoms with Crippen molar-refractivity contribution in [3.8, 4) is 0 Å². The molecule has 0 saturated heterocycles. The Bertz CT molecular complexity index is 432. The molecule has 1 heterocycles. The van der Waals surface area contributed by atoms with E-state index in [1.165, 1.54) is 12.8 Å². The van der Waals surface area contributed by atoms with Crippen LogP contribution in [0.5, 0.6) is 0 Å². The maximum atomic E-state index is 11.0. The van der Waals surface area contributed by atoms with Gasteiger partial charge in [-0.05, 0) is 17.4 Å². The van der Waals surface area contributed by atoms with E-state index in [-0.39, 0.29) is 5.75 Å². The maximum Gasteiger partial charge on any atom is 0.297 e. The van der Waals surface area contributed by atoms with E-state index >= 15 is 0 Å². The van der Waals surface area contributed by atoms with Gasteiger partial charge in [-0.15, -0.1) is 0 Å². The Kier molecular flexibility index (Phi) is 9.42. The molecule has 0 unspecified atom stereocenters. The van der Waals surface area contributed by atoms with Gasteiger partial charge in [0.25, 0.3) is 10.1 Å². The van der Waals surface area contributed by atoms with Crippen molar-refractivity contribution in [2.24, 2.45) is 7.05 Å². The van der Waals surface area contributed by atoms with Crippen LogP contribution in [-0.2, 0) is 28.1 Å². The molecule has 0 aromatic carbocycles. The highest BCUT2D eigenvalue weighted by Crippen LogP contribution is 1.98. The standard InChI is InChI=1S/C8H15N2.C4H9FO3S/c1-3-4-5-10-7-6-9(2)8-10;1-2-3-4-9(6,7)8-5/h6-8H,3-5H2,1-2H3;2-4H2,1H3/q+1;. The Morgan fingerprint density at radius 3 is 2.32 bits per heavy atom. The van der Waals surface area contributed by atoms with Crippen molar-refractivity contribution in [1.29, 1.82) is 0 Å². The van der Waals surface area contributed by atoms with Gasteiger partial charge in [0.1, 0.15) is 12.4 Å². The Morgan fingerprint density at radius 2 is 1.89 bits per heavy atom. The number of nitrogens with zero attached hydrogens (tertiary/aromatic N) is 2. The van der Waals surface area contributed by atoms with E-state index in [9.17, 15) is 12.9 Å².